The van der Waals surface area contributed by atoms with Crippen molar-refractivity contribution in [2.75, 3.05) is 6.54 Å². The molecule has 29 heavy (non-hydrogen) atoms. The van der Waals surface area contributed by atoms with E-state index >= 15 is 0 Å². The van der Waals surface area contributed by atoms with E-state index in [-0.39, 0.29) is 11.8 Å². The molecule has 0 aliphatic heterocycles. The minimum atomic E-state index is -0.903. The van der Waals surface area contributed by atoms with Crippen LogP contribution < -0.4 is 16.4 Å². The van der Waals surface area contributed by atoms with Gasteiger partial charge in [0.1, 0.15) is 6.04 Å². The van der Waals surface area contributed by atoms with Crippen molar-refractivity contribution in [2.45, 2.75) is 44.2 Å². The number of carboxylic acids is 1. The summed E-state index contributed by atoms with van der Waals surface area (Å²) in [5.41, 5.74) is 6.82. The lowest BCUT2D eigenvalue weighted by atomic mass is 10.0. The molecular formula is C20H27N5O4. The number of carbonyl (C=O) groups excluding carboxylic acids is 2. The maximum atomic E-state index is 12.8. The largest absolute Gasteiger partial charge is 0.481 e. The second-order valence-electron chi connectivity index (χ2n) is 7.49. The summed E-state index contributed by atoms with van der Waals surface area (Å²) >= 11 is 0. The van der Waals surface area contributed by atoms with E-state index in [1.165, 1.54) is 0 Å². The average molecular weight is 401 g/mol. The van der Waals surface area contributed by atoms with E-state index in [9.17, 15) is 19.5 Å². The highest BCUT2D eigenvalue weighted by molar-refractivity contribution is 6.00. The number of nitrogens with two attached hydrogens (primary N) is 1. The number of benzene rings is 1. The smallest absolute Gasteiger partial charge is 0.308 e. The lowest BCUT2D eigenvalue weighted by Gasteiger charge is -2.23. The van der Waals surface area contributed by atoms with Crippen molar-refractivity contribution >= 4 is 28.7 Å². The van der Waals surface area contributed by atoms with Gasteiger partial charge in [0.2, 0.25) is 5.91 Å². The number of nitrogens with one attached hydrogen (secondary N) is 2. The molecule has 2 aromatic rings. The van der Waals surface area contributed by atoms with Crippen LogP contribution in [0.3, 0.4) is 0 Å². The Kier molecular flexibility index (Phi) is 6.48. The molecule has 1 fully saturated rings. The summed E-state index contributed by atoms with van der Waals surface area (Å²) < 4.78 is 1.68. The van der Waals surface area contributed by atoms with Crippen LogP contribution in [0.4, 0.5) is 0 Å². The summed E-state index contributed by atoms with van der Waals surface area (Å²) in [7, 11) is 1.79. The Morgan fingerprint density at radius 1 is 1.34 bits per heavy atom. The molecule has 0 radical (unpaired) electrons. The monoisotopic (exact) mass is 401 g/mol. The number of rotatable bonds is 8. The van der Waals surface area contributed by atoms with Crippen LogP contribution in [0.25, 0.3) is 10.9 Å². The van der Waals surface area contributed by atoms with Crippen molar-refractivity contribution in [1.82, 2.24) is 20.4 Å². The average Bonchev–Trinajstić information content (AvgIpc) is 3.31. The molecule has 0 saturated heterocycles. The van der Waals surface area contributed by atoms with Gasteiger partial charge in [-0.05, 0) is 44.4 Å². The number of carboxylic acid groups (broad SMARTS) is 1. The van der Waals surface area contributed by atoms with Gasteiger partial charge in [-0.15, -0.1) is 0 Å². The van der Waals surface area contributed by atoms with Crippen molar-refractivity contribution in [1.29, 1.82) is 0 Å². The van der Waals surface area contributed by atoms with Crippen molar-refractivity contribution in [3.05, 3.63) is 30.0 Å². The first kappa shape index (κ1) is 20.8. The predicted octanol–water partition coefficient (Wildman–Crippen LogP) is 0.780. The third kappa shape index (κ3) is 4.73. The molecular weight excluding hydrogens is 374 g/mol. The number of carbonyl (C=O) groups is 3. The molecule has 1 aromatic heterocycles. The van der Waals surface area contributed by atoms with Gasteiger partial charge >= 0.3 is 5.97 Å². The number of hydrogen-bond donors (Lipinski definition) is 4. The first-order chi connectivity index (χ1) is 13.9. The maximum Gasteiger partial charge on any atom is 0.308 e. The number of nitrogens with zero attached hydrogens (tertiary/aromatic N) is 2. The van der Waals surface area contributed by atoms with Crippen LogP contribution in [0.5, 0.6) is 0 Å². The van der Waals surface area contributed by atoms with E-state index in [0.717, 1.165) is 17.3 Å². The second kappa shape index (κ2) is 9.04. The molecule has 3 atom stereocenters. The number of aliphatic carboxylic acids is 1. The summed E-state index contributed by atoms with van der Waals surface area (Å²) in [5.74, 6) is -2.23. The van der Waals surface area contributed by atoms with Crippen molar-refractivity contribution in [3.8, 4) is 0 Å². The molecule has 2 amide bonds. The molecule has 1 aromatic carbocycles. The molecule has 1 aliphatic rings. The minimum Gasteiger partial charge on any atom is -0.481 e. The molecule has 1 aliphatic carbocycles. The van der Waals surface area contributed by atoms with Gasteiger partial charge < -0.3 is 21.5 Å². The predicted molar refractivity (Wildman–Crippen MR) is 107 cm³/mol. The normalized spacial score (nSPS) is 19.8. The van der Waals surface area contributed by atoms with Gasteiger partial charge in [0.15, 0.2) is 0 Å². The van der Waals surface area contributed by atoms with E-state index in [1.807, 2.05) is 6.07 Å². The molecule has 0 spiro atoms. The van der Waals surface area contributed by atoms with Crippen LogP contribution in [-0.2, 0) is 16.6 Å². The molecule has 1 saturated carbocycles. The van der Waals surface area contributed by atoms with E-state index < -0.39 is 24.0 Å². The maximum absolute atomic E-state index is 12.8. The van der Waals surface area contributed by atoms with Gasteiger partial charge in [-0.3, -0.25) is 19.1 Å². The quantitative estimate of drug-likeness (QED) is 0.515. The molecule has 9 heteroatoms. The Labute approximate surface area is 168 Å². The van der Waals surface area contributed by atoms with Crippen LogP contribution in [0.15, 0.2) is 24.4 Å². The van der Waals surface area contributed by atoms with Gasteiger partial charge in [0, 0.05) is 24.0 Å². The summed E-state index contributed by atoms with van der Waals surface area (Å²) in [5, 5.41) is 20.0. The Morgan fingerprint density at radius 3 is 2.86 bits per heavy atom. The fourth-order valence-corrected chi connectivity index (χ4v) is 3.83. The van der Waals surface area contributed by atoms with Crippen molar-refractivity contribution in [2.24, 2.45) is 18.7 Å². The lowest BCUT2D eigenvalue weighted by molar-refractivity contribution is -0.142. The van der Waals surface area contributed by atoms with Gasteiger partial charge in [-0.1, -0.05) is 12.5 Å². The van der Waals surface area contributed by atoms with Crippen molar-refractivity contribution in [3.63, 3.8) is 0 Å². The number of amides is 2. The van der Waals surface area contributed by atoms with Crippen LogP contribution in [-0.4, -0.2) is 51.3 Å². The Morgan fingerprint density at radius 2 is 2.14 bits per heavy atom. The lowest BCUT2D eigenvalue weighted by Crippen LogP contribution is -2.51. The topological polar surface area (TPSA) is 139 Å². The fourth-order valence-electron chi connectivity index (χ4n) is 3.83. The molecule has 0 unspecified atom stereocenters. The first-order valence-electron chi connectivity index (χ1n) is 9.86. The van der Waals surface area contributed by atoms with Crippen LogP contribution in [0.1, 0.15) is 42.5 Å². The third-order valence-electron chi connectivity index (χ3n) is 5.49. The van der Waals surface area contributed by atoms with E-state index in [2.05, 4.69) is 15.7 Å². The van der Waals surface area contributed by atoms with Gasteiger partial charge in [0.25, 0.3) is 5.91 Å². The molecule has 156 valence electrons. The second-order valence-corrected chi connectivity index (χ2v) is 7.49. The highest BCUT2D eigenvalue weighted by Crippen LogP contribution is 2.26. The fraction of sp³-hybridized carbons (Fsp3) is 0.500. The first-order valence-corrected chi connectivity index (χ1v) is 9.86. The summed E-state index contributed by atoms with van der Waals surface area (Å²) in [6.45, 7) is 0.391. The minimum absolute atomic E-state index is 0.369. The van der Waals surface area contributed by atoms with E-state index in [4.69, 9.17) is 5.73 Å². The summed E-state index contributed by atoms with van der Waals surface area (Å²) in [4.78, 5) is 36.9. The van der Waals surface area contributed by atoms with Crippen LogP contribution in [0.2, 0.25) is 0 Å². The van der Waals surface area contributed by atoms with Gasteiger partial charge in [0.05, 0.1) is 17.6 Å². The zero-order chi connectivity index (χ0) is 21.0. The Balaban J connectivity index is 1.71. The zero-order valence-corrected chi connectivity index (χ0v) is 16.4. The Bertz CT molecular complexity index is 909. The van der Waals surface area contributed by atoms with Crippen molar-refractivity contribution < 1.29 is 19.5 Å². The number of fused-ring (bicyclic) bond motifs is 1. The van der Waals surface area contributed by atoms with Crippen LogP contribution >= 0.6 is 0 Å². The van der Waals surface area contributed by atoms with E-state index in [0.29, 0.717) is 37.8 Å². The molecule has 5 N–H and O–H groups in total. The third-order valence-corrected chi connectivity index (χ3v) is 5.49. The summed E-state index contributed by atoms with van der Waals surface area (Å²) in [6, 6.07) is 4.04. The highest BCUT2D eigenvalue weighted by Gasteiger charge is 2.35. The van der Waals surface area contributed by atoms with Gasteiger partial charge in [-0.2, -0.15) is 5.10 Å². The number of hydrogen-bond acceptors (Lipinski definition) is 5. The standard InChI is InChI=1S/C20H27N5O4/c1-25-17-10-12(7-8-13(17)11-22-25)18(26)24-16(6-3-9-21)19(27)23-15-5-2-4-14(15)20(28)29/h7-8,10-11,14-16H,2-6,9,21H2,1H3,(H,23,27)(H,24,26)(H,28,29)/t14-,15+,16+/m1/s1. The number of aromatic nitrogens is 2. The Hall–Kier alpha value is -2.94. The molecule has 0 bridgehead atoms. The molecule has 1 heterocycles. The van der Waals surface area contributed by atoms with Gasteiger partial charge in [-0.25, -0.2) is 0 Å². The zero-order valence-electron chi connectivity index (χ0n) is 16.4. The number of aryl methyl sites for hydroxylation is 1. The van der Waals surface area contributed by atoms with E-state index in [1.54, 1.807) is 30.1 Å². The highest BCUT2D eigenvalue weighted by atomic mass is 16.4. The van der Waals surface area contributed by atoms with Crippen LogP contribution in [0, 0.1) is 5.92 Å². The molecule has 3 rings (SSSR count). The SMILES string of the molecule is Cn1ncc2ccc(C(=O)N[C@@H](CCCN)C(=O)N[C@H]3CCC[C@H]3C(=O)O)cc21. The summed E-state index contributed by atoms with van der Waals surface area (Å²) in [6.07, 6.45) is 4.59. The molecule has 9 nitrogen and oxygen atoms in total.